The van der Waals surface area contributed by atoms with Gasteiger partial charge in [-0.1, -0.05) is 12.1 Å². The number of likely N-dealkylation sites (N-methyl/N-ethyl adjacent to an activating group) is 1. The summed E-state index contributed by atoms with van der Waals surface area (Å²) in [6, 6.07) is 7.31. The second-order valence-corrected chi connectivity index (χ2v) is 4.01. The minimum Gasteiger partial charge on any atom is -0.497 e. The average molecular weight is 265 g/mol. The minimum atomic E-state index is -0.416. The number of benzene rings is 1. The van der Waals surface area contributed by atoms with Gasteiger partial charge >= 0.3 is 5.97 Å². The minimum absolute atomic E-state index is 0.0181. The van der Waals surface area contributed by atoms with E-state index in [-0.39, 0.29) is 18.9 Å². The molecule has 0 heterocycles. The summed E-state index contributed by atoms with van der Waals surface area (Å²) in [7, 11) is 2.89. The van der Waals surface area contributed by atoms with Gasteiger partial charge in [0, 0.05) is 6.54 Å². The van der Waals surface area contributed by atoms with Crippen molar-refractivity contribution in [3.8, 4) is 5.75 Å². The molecule has 0 bridgehead atoms. The van der Waals surface area contributed by atoms with Gasteiger partial charge in [0.25, 0.3) is 0 Å². The lowest BCUT2D eigenvalue weighted by Gasteiger charge is -2.19. The first-order chi connectivity index (χ1) is 9.10. The van der Waals surface area contributed by atoms with Gasteiger partial charge in [0.2, 0.25) is 5.91 Å². The summed E-state index contributed by atoms with van der Waals surface area (Å²) in [5.41, 5.74) is 0.854. The molecule has 0 saturated carbocycles. The molecule has 0 aliphatic heterocycles. The maximum absolute atomic E-state index is 12.1. The van der Waals surface area contributed by atoms with Crippen molar-refractivity contribution in [2.45, 2.75) is 13.3 Å². The molecule has 5 heteroatoms. The third-order valence-corrected chi connectivity index (χ3v) is 2.77. The molecule has 0 unspecified atom stereocenters. The van der Waals surface area contributed by atoms with Crippen molar-refractivity contribution in [1.29, 1.82) is 0 Å². The van der Waals surface area contributed by atoms with E-state index >= 15 is 0 Å². The van der Waals surface area contributed by atoms with Crippen LogP contribution in [0.3, 0.4) is 0 Å². The van der Waals surface area contributed by atoms with E-state index in [1.54, 1.807) is 7.11 Å². The monoisotopic (exact) mass is 265 g/mol. The van der Waals surface area contributed by atoms with Crippen LogP contribution < -0.4 is 4.74 Å². The summed E-state index contributed by atoms with van der Waals surface area (Å²) in [5.74, 6) is 0.184. The van der Waals surface area contributed by atoms with Crippen molar-refractivity contribution >= 4 is 11.9 Å². The third kappa shape index (κ3) is 4.62. The summed E-state index contributed by atoms with van der Waals surface area (Å²) < 4.78 is 9.67. The Hall–Kier alpha value is -2.04. The lowest BCUT2D eigenvalue weighted by atomic mass is 10.1. The number of esters is 1. The zero-order valence-corrected chi connectivity index (χ0v) is 11.5. The number of amides is 1. The van der Waals surface area contributed by atoms with Crippen molar-refractivity contribution in [3.63, 3.8) is 0 Å². The van der Waals surface area contributed by atoms with Gasteiger partial charge in [-0.15, -0.1) is 0 Å². The number of methoxy groups -OCH3 is 2. The van der Waals surface area contributed by atoms with Crippen LogP contribution in [0, 0.1) is 0 Å². The van der Waals surface area contributed by atoms with Crippen LogP contribution in [0.15, 0.2) is 24.3 Å². The lowest BCUT2D eigenvalue weighted by molar-refractivity contribution is -0.146. The van der Waals surface area contributed by atoms with Crippen LogP contribution in [0.2, 0.25) is 0 Å². The standard InChI is InChI=1S/C14H19NO4/c1-4-15(10-14(17)19-3)13(16)9-11-6-5-7-12(8-11)18-2/h5-8H,4,9-10H2,1-3H3. The molecule has 104 valence electrons. The Morgan fingerprint density at radius 1 is 1.26 bits per heavy atom. The SMILES string of the molecule is CCN(CC(=O)OC)C(=O)Cc1cccc(OC)c1. The molecule has 0 fully saturated rings. The second-order valence-electron chi connectivity index (χ2n) is 4.01. The van der Waals surface area contributed by atoms with E-state index in [4.69, 9.17) is 4.74 Å². The Morgan fingerprint density at radius 3 is 2.58 bits per heavy atom. The summed E-state index contributed by atoms with van der Waals surface area (Å²) >= 11 is 0. The van der Waals surface area contributed by atoms with Crippen LogP contribution >= 0.6 is 0 Å². The van der Waals surface area contributed by atoms with Crippen LogP contribution in [0.25, 0.3) is 0 Å². The number of carbonyl (C=O) groups excluding carboxylic acids is 2. The van der Waals surface area contributed by atoms with E-state index in [2.05, 4.69) is 4.74 Å². The molecule has 1 aromatic rings. The molecule has 0 aliphatic carbocycles. The quantitative estimate of drug-likeness (QED) is 0.727. The number of hydrogen-bond acceptors (Lipinski definition) is 4. The topological polar surface area (TPSA) is 55.8 Å². The molecular formula is C14H19NO4. The molecule has 0 aliphatic rings. The molecule has 0 saturated heterocycles. The first kappa shape index (κ1) is 15.0. The molecule has 1 amide bonds. The highest BCUT2D eigenvalue weighted by Crippen LogP contribution is 2.13. The molecule has 0 radical (unpaired) electrons. The van der Waals surface area contributed by atoms with Crippen molar-refractivity contribution in [2.75, 3.05) is 27.3 Å². The maximum atomic E-state index is 12.1. The zero-order chi connectivity index (χ0) is 14.3. The normalized spacial score (nSPS) is 9.84. The van der Waals surface area contributed by atoms with Gasteiger partial charge in [-0.2, -0.15) is 0 Å². The second kappa shape index (κ2) is 7.41. The summed E-state index contributed by atoms with van der Waals surface area (Å²) in [6.07, 6.45) is 0.238. The molecule has 1 aromatic carbocycles. The fourth-order valence-corrected chi connectivity index (χ4v) is 1.67. The fourth-order valence-electron chi connectivity index (χ4n) is 1.67. The Morgan fingerprint density at radius 2 is 2.00 bits per heavy atom. The molecule has 1 rings (SSSR count). The number of carbonyl (C=O) groups is 2. The van der Waals surface area contributed by atoms with Crippen LogP contribution in [-0.2, 0) is 20.7 Å². The van der Waals surface area contributed by atoms with Gasteiger partial charge in [0.1, 0.15) is 12.3 Å². The van der Waals surface area contributed by atoms with Gasteiger partial charge in [-0.3, -0.25) is 9.59 Å². The van der Waals surface area contributed by atoms with E-state index < -0.39 is 5.97 Å². The highest BCUT2D eigenvalue weighted by Gasteiger charge is 2.16. The van der Waals surface area contributed by atoms with E-state index in [1.807, 2.05) is 31.2 Å². The predicted octanol–water partition coefficient (Wildman–Crippen LogP) is 1.26. The number of nitrogens with zero attached hydrogens (tertiary/aromatic N) is 1. The van der Waals surface area contributed by atoms with Crippen LogP contribution in [0.1, 0.15) is 12.5 Å². The summed E-state index contributed by atoms with van der Waals surface area (Å²) in [6.45, 7) is 2.28. The highest BCUT2D eigenvalue weighted by molar-refractivity contribution is 5.83. The molecule has 0 spiro atoms. The summed E-state index contributed by atoms with van der Waals surface area (Å²) in [4.78, 5) is 24.7. The first-order valence-corrected chi connectivity index (χ1v) is 6.08. The molecule has 0 N–H and O–H groups in total. The third-order valence-electron chi connectivity index (χ3n) is 2.77. The van der Waals surface area contributed by atoms with Crippen molar-refractivity contribution in [2.24, 2.45) is 0 Å². The zero-order valence-electron chi connectivity index (χ0n) is 11.5. The van der Waals surface area contributed by atoms with Crippen LogP contribution in [0.5, 0.6) is 5.75 Å². The smallest absolute Gasteiger partial charge is 0.325 e. The van der Waals surface area contributed by atoms with E-state index in [0.29, 0.717) is 12.3 Å². The molecule has 19 heavy (non-hydrogen) atoms. The molecule has 0 aromatic heterocycles. The molecule has 0 atom stereocenters. The average Bonchev–Trinajstić information content (AvgIpc) is 2.44. The Bertz CT molecular complexity index is 445. The molecular weight excluding hydrogens is 246 g/mol. The number of ether oxygens (including phenoxy) is 2. The maximum Gasteiger partial charge on any atom is 0.325 e. The van der Waals surface area contributed by atoms with Gasteiger partial charge in [-0.25, -0.2) is 0 Å². The highest BCUT2D eigenvalue weighted by atomic mass is 16.5. The van der Waals surface area contributed by atoms with Gasteiger partial charge < -0.3 is 14.4 Å². The van der Waals surface area contributed by atoms with Crippen molar-refractivity contribution in [1.82, 2.24) is 4.90 Å². The Labute approximate surface area is 113 Å². The number of rotatable bonds is 6. The van der Waals surface area contributed by atoms with E-state index in [0.717, 1.165) is 5.56 Å². The Balaban J connectivity index is 2.68. The van der Waals surface area contributed by atoms with Crippen LogP contribution in [0.4, 0.5) is 0 Å². The van der Waals surface area contributed by atoms with Crippen LogP contribution in [-0.4, -0.2) is 44.1 Å². The summed E-state index contributed by atoms with van der Waals surface area (Å²) in [5, 5.41) is 0. The van der Waals surface area contributed by atoms with Crippen molar-refractivity contribution in [3.05, 3.63) is 29.8 Å². The first-order valence-electron chi connectivity index (χ1n) is 6.08. The van der Waals surface area contributed by atoms with Gasteiger partial charge in [0.15, 0.2) is 0 Å². The van der Waals surface area contributed by atoms with Gasteiger partial charge in [0.05, 0.1) is 20.6 Å². The van der Waals surface area contributed by atoms with Crippen molar-refractivity contribution < 1.29 is 19.1 Å². The number of hydrogen-bond donors (Lipinski definition) is 0. The fraction of sp³-hybridized carbons (Fsp3) is 0.429. The van der Waals surface area contributed by atoms with Gasteiger partial charge in [-0.05, 0) is 24.6 Å². The van der Waals surface area contributed by atoms with E-state index in [9.17, 15) is 9.59 Å². The lowest BCUT2D eigenvalue weighted by Crippen LogP contribution is -2.37. The largest absolute Gasteiger partial charge is 0.497 e. The Kier molecular flexibility index (Phi) is 5.85. The molecule has 5 nitrogen and oxygen atoms in total. The van der Waals surface area contributed by atoms with E-state index in [1.165, 1.54) is 12.0 Å². The predicted molar refractivity (Wildman–Crippen MR) is 71.0 cm³/mol.